The van der Waals surface area contributed by atoms with E-state index in [4.69, 9.17) is 11.6 Å². The molecule has 1 rings (SSSR count). The van der Waals surface area contributed by atoms with Gasteiger partial charge in [-0.25, -0.2) is 4.79 Å². The van der Waals surface area contributed by atoms with E-state index in [1.54, 1.807) is 0 Å². The lowest BCUT2D eigenvalue weighted by molar-refractivity contribution is -0.119. The molecule has 0 bridgehead atoms. The zero-order chi connectivity index (χ0) is 13.5. The molecule has 0 aliphatic heterocycles. The first-order valence-electron chi connectivity index (χ1n) is 5.84. The smallest absolute Gasteiger partial charge is 0.321 e. The van der Waals surface area contributed by atoms with Gasteiger partial charge in [0.05, 0.1) is 0 Å². The summed E-state index contributed by atoms with van der Waals surface area (Å²) in [4.78, 5) is 22.6. The maximum absolute atomic E-state index is 11.4. The van der Waals surface area contributed by atoms with E-state index in [-0.39, 0.29) is 0 Å². The number of benzene rings is 1. The zero-order valence-electron chi connectivity index (χ0n) is 10.5. The number of urea groups is 1. The number of halogens is 1. The second kappa shape index (κ2) is 7.01. The van der Waals surface area contributed by atoms with Gasteiger partial charge in [0, 0.05) is 6.54 Å². The van der Waals surface area contributed by atoms with Gasteiger partial charge in [-0.2, -0.15) is 0 Å². The number of amides is 3. The first-order chi connectivity index (χ1) is 8.54. The highest BCUT2D eigenvalue weighted by molar-refractivity contribution is 6.31. The van der Waals surface area contributed by atoms with Crippen molar-refractivity contribution in [3.63, 3.8) is 0 Å². The summed E-state index contributed by atoms with van der Waals surface area (Å²) >= 11 is 5.55. The second-order valence-electron chi connectivity index (χ2n) is 3.91. The van der Waals surface area contributed by atoms with Crippen LogP contribution in [0.4, 0.5) is 4.79 Å². The summed E-state index contributed by atoms with van der Waals surface area (Å²) < 4.78 is 0. The van der Waals surface area contributed by atoms with E-state index >= 15 is 0 Å². The first-order valence-corrected chi connectivity index (χ1v) is 6.27. The fourth-order valence-corrected chi connectivity index (χ4v) is 1.56. The van der Waals surface area contributed by atoms with Gasteiger partial charge in [0.1, 0.15) is 5.38 Å². The van der Waals surface area contributed by atoms with Crippen LogP contribution in [0.5, 0.6) is 0 Å². The Balaban J connectivity index is 2.50. The molecule has 5 heteroatoms. The summed E-state index contributed by atoms with van der Waals surface area (Å²) in [5.41, 5.74) is 2.22. The van der Waals surface area contributed by atoms with Gasteiger partial charge >= 0.3 is 6.03 Å². The van der Waals surface area contributed by atoms with Crippen LogP contribution in [0.1, 0.15) is 25.0 Å². The van der Waals surface area contributed by atoms with Crippen LogP contribution < -0.4 is 10.6 Å². The molecule has 3 amide bonds. The van der Waals surface area contributed by atoms with Gasteiger partial charge in [-0.15, -0.1) is 11.6 Å². The molecular weight excluding hydrogens is 252 g/mol. The average Bonchev–Trinajstić information content (AvgIpc) is 2.36. The fraction of sp³-hybridized carbons (Fsp3) is 0.385. The van der Waals surface area contributed by atoms with E-state index in [0.717, 1.165) is 12.0 Å². The van der Waals surface area contributed by atoms with Gasteiger partial charge in [0.25, 0.3) is 0 Å². The average molecular weight is 269 g/mol. The Morgan fingerprint density at radius 1 is 1.28 bits per heavy atom. The van der Waals surface area contributed by atoms with Gasteiger partial charge in [-0.3, -0.25) is 10.1 Å². The Kier molecular flexibility index (Phi) is 5.65. The maximum atomic E-state index is 11.4. The Morgan fingerprint density at radius 3 is 2.44 bits per heavy atom. The van der Waals surface area contributed by atoms with Gasteiger partial charge in [-0.1, -0.05) is 31.2 Å². The predicted octanol–water partition coefficient (Wildman–Crippen LogP) is 2.20. The molecule has 0 saturated heterocycles. The predicted molar refractivity (Wildman–Crippen MR) is 71.5 cm³/mol. The van der Waals surface area contributed by atoms with E-state index < -0.39 is 17.3 Å². The van der Waals surface area contributed by atoms with Crippen molar-refractivity contribution in [3.8, 4) is 0 Å². The van der Waals surface area contributed by atoms with Crippen molar-refractivity contribution in [2.24, 2.45) is 0 Å². The number of carbonyl (C=O) groups excluding carboxylic acids is 2. The Morgan fingerprint density at radius 2 is 1.89 bits per heavy atom. The molecule has 0 aliphatic rings. The van der Waals surface area contributed by atoms with Crippen LogP contribution in [0.2, 0.25) is 0 Å². The number of hydrogen-bond donors (Lipinski definition) is 2. The van der Waals surface area contributed by atoms with Crippen LogP contribution in [0.15, 0.2) is 24.3 Å². The number of aryl methyl sites for hydroxylation is 1. The molecule has 0 saturated carbocycles. The maximum Gasteiger partial charge on any atom is 0.321 e. The lowest BCUT2D eigenvalue weighted by atomic mass is 10.1. The quantitative estimate of drug-likeness (QED) is 0.823. The van der Waals surface area contributed by atoms with Crippen molar-refractivity contribution in [1.82, 2.24) is 10.6 Å². The SMILES string of the molecule is CCc1ccccc1CNC(=O)NC(=O)C(C)Cl. The van der Waals surface area contributed by atoms with E-state index in [2.05, 4.69) is 17.6 Å². The second-order valence-corrected chi connectivity index (χ2v) is 4.56. The van der Waals surface area contributed by atoms with Gasteiger partial charge < -0.3 is 5.32 Å². The van der Waals surface area contributed by atoms with Gasteiger partial charge in [0.2, 0.25) is 5.91 Å². The molecule has 0 fully saturated rings. The largest absolute Gasteiger partial charge is 0.334 e. The van der Waals surface area contributed by atoms with Crippen molar-refractivity contribution >= 4 is 23.5 Å². The third kappa shape index (κ3) is 4.37. The van der Waals surface area contributed by atoms with Crippen molar-refractivity contribution in [2.45, 2.75) is 32.2 Å². The number of carbonyl (C=O) groups is 2. The standard InChI is InChI=1S/C13H17ClN2O2/c1-3-10-6-4-5-7-11(10)8-15-13(18)16-12(17)9(2)14/h4-7,9H,3,8H2,1-2H3,(H2,15,16,17,18). The van der Waals surface area contributed by atoms with Crippen LogP contribution >= 0.6 is 11.6 Å². The lowest BCUT2D eigenvalue weighted by Crippen LogP contribution is -2.42. The summed E-state index contributed by atoms with van der Waals surface area (Å²) in [6.07, 6.45) is 0.900. The van der Waals surface area contributed by atoms with Crippen LogP contribution in [-0.2, 0) is 17.8 Å². The topological polar surface area (TPSA) is 58.2 Å². The Bertz CT molecular complexity index is 433. The van der Waals surface area contributed by atoms with E-state index in [9.17, 15) is 9.59 Å². The molecule has 18 heavy (non-hydrogen) atoms. The summed E-state index contributed by atoms with van der Waals surface area (Å²) in [5, 5.41) is 4.07. The molecule has 1 aromatic rings. The van der Waals surface area contributed by atoms with Crippen LogP contribution in [-0.4, -0.2) is 17.3 Å². The minimum Gasteiger partial charge on any atom is -0.334 e. The van der Waals surface area contributed by atoms with Gasteiger partial charge in [-0.05, 0) is 24.5 Å². The molecular formula is C13H17ClN2O2. The number of rotatable bonds is 4. The summed E-state index contributed by atoms with van der Waals surface area (Å²) in [6.45, 7) is 3.95. The van der Waals surface area contributed by atoms with Crippen LogP contribution in [0.3, 0.4) is 0 Å². The summed E-state index contributed by atoms with van der Waals surface area (Å²) in [7, 11) is 0. The highest BCUT2D eigenvalue weighted by Gasteiger charge is 2.12. The molecule has 4 nitrogen and oxygen atoms in total. The van der Waals surface area contributed by atoms with Crippen molar-refractivity contribution < 1.29 is 9.59 Å². The molecule has 0 radical (unpaired) electrons. The Labute approximate surface area is 112 Å². The number of hydrogen-bond acceptors (Lipinski definition) is 2. The highest BCUT2D eigenvalue weighted by atomic mass is 35.5. The summed E-state index contributed by atoms with van der Waals surface area (Å²) in [5.74, 6) is -0.502. The third-order valence-electron chi connectivity index (χ3n) is 2.54. The monoisotopic (exact) mass is 268 g/mol. The Hall–Kier alpha value is -1.55. The molecule has 2 N–H and O–H groups in total. The minimum atomic E-state index is -0.723. The van der Waals surface area contributed by atoms with E-state index in [1.807, 2.05) is 24.3 Å². The fourth-order valence-electron chi connectivity index (χ4n) is 1.51. The normalized spacial score (nSPS) is 11.7. The molecule has 1 aromatic carbocycles. The van der Waals surface area contributed by atoms with Crippen molar-refractivity contribution in [2.75, 3.05) is 0 Å². The number of alkyl halides is 1. The molecule has 0 spiro atoms. The molecule has 1 atom stereocenters. The molecule has 0 heterocycles. The minimum absolute atomic E-state index is 0.389. The lowest BCUT2D eigenvalue weighted by Gasteiger charge is -2.10. The highest BCUT2D eigenvalue weighted by Crippen LogP contribution is 2.08. The van der Waals surface area contributed by atoms with Crippen LogP contribution in [0, 0.1) is 0 Å². The number of nitrogens with one attached hydrogen (secondary N) is 2. The molecule has 98 valence electrons. The number of imide groups is 1. The summed E-state index contributed by atoms with van der Waals surface area (Å²) in [6, 6.07) is 7.31. The van der Waals surface area contributed by atoms with E-state index in [1.165, 1.54) is 12.5 Å². The first kappa shape index (κ1) is 14.5. The van der Waals surface area contributed by atoms with Crippen molar-refractivity contribution in [1.29, 1.82) is 0 Å². The zero-order valence-corrected chi connectivity index (χ0v) is 11.3. The van der Waals surface area contributed by atoms with Gasteiger partial charge in [0.15, 0.2) is 0 Å². The molecule has 0 aromatic heterocycles. The molecule has 1 unspecified atom stereocenters. The molecule has 0 aliphatic carbocycles. The van der Waals surface area contributed by atoms with Crippen LogP contribution in [0.25, 0.3) is 0 Å². The third-order valence-corrected chi connectivity index (χ3v) is 2.73. The van der Waals surface area contributed by atoms with E-state index in [0.29, 0.717) is 6.54 Å². The van der Waals surface area contributed by atoms with Crippen molar-refractivity contribution in [3.05, 3.63) is 35.4 Å².